The summed E-state index contributed by atoms with van der Waals surface area (Å²) >= 11 is 1.56. The highest BCUT2D eigenvalue weighted by Crippen LogP contribution is 2.34. The van der Waals surface area contributed by atoms with Crippen molar-refractivity contribution in [2.75, 3.05) is 56.2 Å². The predicted molar refractivity (Wildman–Crippen MR) is 146 cm³/mol. The number of hydrogen-bond donors (Lipinski definition) is 0. The summed E-state index contributed by atoms with van der Waals surface area (Å²) in [5, 5.41) is 7.95. The molecule has 2 aliphatic heterocycles. The second-order valence-electron chi connectivity index (χ2n) is 9.67. The molecule has 194 valence electrons. The molecule has 2 fully saturated rings. The van der Waals surface area contributed by atoms with E-state index in [1.807, 2.05) is 16.9 Å². The van der Waals surface area contributed by atoms with Crippen LogP contribution in [-0.4, -0.2) is 77.0 Å². The molecule has 0 amide bonds. The average molecular weight is 522 g/mol. The molecule has 0 spiro atoms. The lowest BCUT2D eigenvalue weighted by atomic mass is 10.0. The van der Waals surface area contributed by atoms with Crippen molar-refractivity contribution in [1.29, 1.82) is 0 Å². The summed E-state index contributed by atoms with van der Waals surface area (Å²) in [6, 6.07) is 11.2. The van der Waals surface area contributed by atoms with Crippen molar-refractivity contribution in [3.63, 3.8) is 0 Å². The van der Waals surface area contributed by atoms with Crippen LogP contribution in [0.2, 0.25) is 0 Å². The number of aryl methyl sites for hydroxylation is 1. The second kappa shape index (κ2) is 10.4. The average Bonchev–Trinajstić information content (AvgIpc) is 3.59. The third-order valence-corrected chi connectivity index (χ3v) is 8.28. The van der Waals surface area contributed by atoms with Crippen LogP contribution in [0.4, 0.5) is 21.2 Å². The van der Waals surface area contributed by atoms with Crippen LogP contribution >= 0.6 is 11.3 Å². The Morgan fingerprint density at radius 2 is 1.89 bits per heavy atom. The summed E-state index contributed by atoms with van der Waals surface area (Å²) in [5.41, 5.74) is 3.54. The Morgan fingerprint density at radius 3 is 2.68 bits per heavy atom. The van der Waals surface area contributed by atoms with Gasteiger partial charge < -0.3 is 14.5 Å². The lowest BCUT2D eigenvalue weighted by Gasteiger charge is -2.41. The van der Waals surface area contributed by atoms with Gasteiger partial charge in [-0.25, -0.2) is 14.4 Å². The van der Waals surface area contributed by atoms with Crippen LogP contribution < -0.4 is 9.80 Å². The van der Waals surface area contributed by atoms with Gasteiger partial charge >= 0.3 is 0 Å². The molecule has 37 heavy (non-hydrogen) atoms. The molecule has 8 nitrogen and oxygen atoms in total. The van der Waals surface area contributed by atoms with Gasteiger partial charge in [-0.05, 0) is 55.7 Å². The summed E-state index contributed by atoms with van der Waals surface area (Å²) in [6.07, 6.45) is 3.17. The van der Waals surface area contributed by atoms with Crippen LogP contribution in [-0.2, 0) is 11.2 Å². The molecule has 0 saturated carbocycles. The molecular formula is C27H32FN7OS. The van der Waals surface area contributed by atoms with Gasteiger partial charge in [0.1, 0.15) is 11.6 Å². The van der Waals surface area contributed by atoms with E-state index in [1.165, 1.54) is 18.6 Å². The van der Waals surface area contributed by atoms with Gasteiger partial charge in [-0.15, -0.1) is 16.4 Å². The number of rotatable bonds is 6. The van der Waals surface area contributed by atoms with Crippen molar-refractivity contribution in [2.24, 2.45) is 0 Å². The van der Waals surface area contributed by atoms with Gasteiger partial charge in [-0.1, -0.05) is 6.92 Å². The summed E-state index contributed by atoms with van der Waals surface area (Å²) in [7, 11) is 2.01. The highest BCUT2D eigenvalue weighted by Gasteiger charge is 2.28. The maximum atomic E-state index is 13.4. The molecule has 0 aliphatic carbocycles. The number of anilines is 3. The zero-order valence-corrected chi connectivity index (χ0v) is 22.1. The molecule has 0 radical (unpaired) electrons. The van der Waals surface area contributed by atoms with Gasteiger partial charge in [-0.2, -0.15) is 4.52 Å². The fourth-order valence-corrected chi connectivity index (χ4v) is 6.17. The fraction of sp³-hybridized carbons (Fsp3) is 0.444. The molecule has 2 aliphatic rings. The first-order valence-corrected chi connectivity index (χ1v) is 13.9. The number of ether oxygens (including phenoxy) is 1. The molecule has 5 heterocycles. The smallest absolute Gasteiger partial charge is 0.191 e. The third-order valence-electron chi connectivity index (χ3n) is 7.36. The summed E-state index contributed by atoms with van der Waals surface area (Å²) in [4.78, 5) is 16.8. The first-order chi connectivity index (χ1) is 18.1. The first-order valence-electron chi connectivity index (χ1n) is 13.0. The van der Waals surface area contributed by atoms with Crippen LogP contribution in [0, 0.1) is 5.82 Å². The molecule has 10 heteroatoms. The highest BCUT2D eigenvalue weighted by atomic mass is 32.1. The monoisotopic (exact) mass is 521 g/mol. The summed E-state index contributed by atoms with van der Waals surface area (Å²) in [5.74, 6) is 1.66. The Balaban J connectivity index is 1.30. The van der Waals surface area contributed by atoms with E-state index in [0.29, 0.717) is 6.04 Å². The van der Waals surface area contributed by atoms with Crippen LogP contribution in [0.15, 0.2) is 41.8 Å². The summed E-state index contributed by atoms with van der Waals surface area (Å²) in [6.45, 7) is 7.77. The van der Waals surface area contributed by atoms with Crippen LogP contribution in [0.5, 0.6) is 0 Å². The maximum absolute atomic E-state index is 13.4. The minimum atomic E-state index is -0.249. The third kappa shape index (κ3) is 4.81. The Hall–Kier alpha value is -3.08. The van der Waals surface area contributed by atoms with E-state index in [0.717, 1.165) is 91.6 Å². The number of fused-ring (bicyclic) bond motifs is 1. The lowest BCUT2D eigenvalue weighted by molar-refractivity contribution is 0.0136. The Labute approximate surface area is 220 Å². The van der Waals surface area contributed by atoms with Gasteiger partial charge in [-0.3, -0.25) is 4.90 Å². The van der Waals surface area contributed by atoms with Crippen LogP contribution in [0.3, 0.4) is 0 Å². The van der Waals surface area contributed by atoms with Gasteiger partial charge in [0.05, 0.1) is 24.6 Å². The first kappa shape index (κ1) is 24.3. The van der Waals surface area contributed by atoms with E-state index >= 15 is 0 Å². The van der Waals surface area contributed by atoms with E-state index < -0.39 is 0 Å². The molecule has 4 aromatic rings. The molecule has 6 rings (SSSR count). The van der Waals surface area contributed by atoms with Crippen molar-refractivity contribution in [3.8, 4) is 11.3 Å². The molecule has 1 aromatic carbocycles. The standard InChI is InChI=1S/C27H32FN7OS/c1-3-22-26(32(2)27-30-23(18-37-27)19-6-8-20(28)9-7-19)35-24(29-22)10-11-25(31-35)34-12-4-5-21(17-34)33-13-15-36-16-14-33/h6-11,18,21H,3-5,12-17H2,1-2H3. The Kier molecular flexibility index (Phi) is 6.79. The molecule has 0 bridgehead atoms. The number of thiazole rings is 1. The zero-order chi connectivity index (χ0) is 25.4. The van der Waals surface area contributed by atoms with Crippen LogP contribution in [0.25, 0.3) is 16.9 Å². The topological polar surface area (TPSA) is 62.0 Å². The minimum Gasteiger partial charge on any atom is -0.379 e. The van der Waals surface area contributed by atoms with E-state index in [1.54, 1.807) is 23.5 Å². The highest BCUT2D eigenvalue weighted by molar-refractivity contribution is 7.14. The quantitative estimate of drug-likeness (QED) is 0.367. The number of nitrogens with zero attached hydrogens (tertiary/aromatic N) is 7. The lowest BCUT2D eigenvalue weighted by Crippen LogP contribution is -2.51. The van der Waals surface area contributed by atoms with E-state index in [-0.39, 0.29) is 5.82 Å². The number of hydrogen-bond acceptors (Lipinski definition) is 8. The predicted octanol–water partition coefficient (Wildman–Crippen LogP) is 4.62. The van der Waals surface area contributed by atoms with Crippen molar-refractivity contribution in [2.45, 2.75) is 32.2 Å². The summed E-state index contributed by atoms with van der Waals surface area (Å²) < 4.78 is 20.9. The number of halogens is 1. The molecule has 0 N–H and O–H groups in total. The van der Waals surface area contributed by atoms with E-state index in [2.05, 4.69) is 33.8 Å². The van der Waals surface area contributed by atoms with Crippen molar-refractivity contribution < 1.29 is 9.13 Å². The maximum Gasteiger partial charge on any atom is 0.191 e. The largest absolute Gasteiger partial charge is 0.379 e. The van der Waals surface area contributed by atoms with E-state index in [4.69, 9.17) is 19.8 Å². The number of benzene rings is 1. The fourth-order valence-electron chi connectivity index (χ4n) is 5.36. The van der Waals surface area contributed by atoms with Gasteiger partial charge in [0.2, 0.25) is 0 Å². The Bertz CT molecular complexity index is 1370. The molecule has 2 saturated heterocycles. The number of piperidine rings is 1. The van der Waals surface area contributed by atoms with Crippen LogP contribution in [0.1, 0.15) is 25.5 Å². The number of morpholine rings is 1. The molecule has 1 atom stereocenters. The Morgan fingerprint density at radius 1 is 1.08 bits per heavy atom. The zero-order valence-electron chi connectivity index (χ0n) is 21.3. The van der Waals surface area contributed by atoms with Crippen molar-refractivity contribution >= 4 is 33.8 Å². The number of imidazole rings is 1. The van der Waals surface area contributed by atoms with Crippen molar-refractivity contribution in [3.05, 3.63) is 53.3 Å². The number of aromatic nitrogens is 4. The molecule has 1 unspecified atom stereocenters. The SMILES string of the molecule is CCc1nc2ccc(N3CCCC(N4CCOCC4)C3)nn2c1N(C)c1nc(-c2ccc(F)cc2)cs1. The van der Waals surface area contributed by atoms with Crippen molar-refractivity contribution in [1.82, 2.24) is 24.5 Å². The van der Waals surface area contributed by atoms with Gasteiger partial charge in [0, 0.05) is 50.2 Å². The molecule has 3 aromatic heterocycles. The van der Waals surface area contributed by atoms with E-state index in [9.17, 15) is 4.39 Å². The van der Waals surface area contributed by atoms with Gasteiger partial charge in [0.25, 0.3) is 0 Å². The van der Waals surface area contributed by atoms with Gasteiger partial charge in [0.15, 0.2) is 16.6 Å². The minimum absolute atomic E-state index is 0.249. The normalized spacial score (nSPS) is 19.0. The second-order valence-corrected chi connectivity index (χ2v) is 10.5. The molecular weight excluding hydrogens is 489 g/mol.